The average molecular weight is 209 g/mol. The maximum atomic E-state index is 11.7. The molecule has 2 aliphatic rings. The second-order valence-electron chi connectivity index (χ2n) is 4.88. The highest BCUT2D eigenvalue weighted by molar-refractivity contribution is 5.93. The number of nitrogens with one attached hydrogen (secondary N) is 1. The van der Waals surface area contributed by atoms with Crippen molar-refractivity contribution in [1.29, 1.82) is 0 Å². The van der Waals surface area contributed by atoms with Crippen LogP contribution in [0.4, 0.5) is 0 Å². The predicted molar refractivity (Wildman–Crippen MR) is 58.5 cm³/mol. The molecule has 0 unspecified atom stereocenters. The fraction of sp³-hybridized carbons (Fsp3) is 0.750. The van der Waals surface area contributed by atoms with Gasteiger partial charge >= 0.3 is 0 Å². The first-order valence-corrected chi connectivity index (χ1v) is 5.65. The fourth-order valence-electron chi connectivity index (χ4n) is 2.51. The summed E-state index contributed by atoms with van der Waals surface area (Å²) in [4.78, 5) is 11.7. The van der Waals surface area contributed by atoms with Gasteiger partial charge in [-0.2, -0.15) is 0 Å². The lowest BCUT2D eigenvalue weighted by atomic mass is 9.75. The van der Waals surface area contributed by atoms with Crippen LogP contribution in [0.3, 0.4) is 0 Å². The number of allylic oxidation sites excluding steroid dienone is 1. The number of carbonyl (C=O) groups excluding carboxylic acids is 1. The maximum absolute atomic E-state index is 11.7. The van der Waals surface area contributed by atoms with Gasteiger partial charge in [0.15, 0.2) is 0 Å². The monoisotopic (exact) mass is 209 g/mol. The summed E-state index contributed by atoms with van der Waals surface area (Å²) >= 11 is 0. The molecule has 0 radical (unpaired) electrons. The van der Waals surface area contributed by atoms with Gasteiger partial charge in [-0.05, 0) is 38.5 Å². The Bertz CT molecular complexity index is 301. The highest BCUT2D eigenvalue weighted by atomic mass is 16.5. The molecular formula is C12H19NO2. The molecule has 1 fully saturated rings. The van der Waals surface area contributed by atoms with Crippen molar-refractivity contribution in [2.75, 3.05) is 19.8 Å². The third-order valence-electron chi connectivity index (χ3n) is 3.80. The lowest BCUT2D eigenvalue weighted by Crippen LogP contribution is -2.39. The second-order valence-corrected chi connectivity index (χ2v) is 4.88. The predicted octanol–water partition coefficient (Wildman–Crippen LogP) is 1.64. The van der Waals surface area contributed by atoms with Gasteiger partial charge in [0, 0.05) is 25.3 Å². The molecule has 0 aromatic carbocycles. The van der Waals surface area contributed by atoms with E-state index in [1.54, 1.807) is 0 Å². The van der Waals surface area contributed by atoms with Gasteiger partial charge in [0.1, 0.15) is 0 Å². The molecule has 1 N–H and O–H groups in total. The number of hydrogen-bond acceptors (Lipinski definition) is 2. The van der Waals surface area contributed by atoms with Crippen LogP contribution in [-0.2, 0) is 9.53 Å². The third kappa shape index (κ3) is 2.07. The van der Waals surface area contributed by atoms with Gasteiger partial charge in [0.25, 0.3) is 0 Å². The van der Waals surface area contributed by atoms with Gasteiger partial charge in [-0.25, -0.2) is 0 Å². The van der Waals surface area contributed by atoms with Crippen molar-refractivity contribution in [2.24, 2.45) is 5.41 Å². The van der Waals surface area contributed by atoms with E-state index in [1.165, 1.54) is 5.57 Å². The molecule has 1 amide bonds. The van der Waals surface area contributed by atoms with Crippen molar-refractivity contribution in [3.05, 3.63) is 11.1 Å². The molecule has 0 bridgehead atoms. The highest BCUT2D eigenvalue weighted by Gasteiger charge is 2.35. The minimum absolute atomic E-state index is 0.107. The summed E-state index contributed by atoms with van der Waals surface area (Å²) in [5.41, 5.74) is 2.40. The van der Waals surface area contributed by atoms with Crippen molar-refractivity contribution in [2.45, 2.75) is 33.1 Å². The molecule has 2 heterocycles. The van der Waals surface area contributed by atoms with E-state index in [0.29, 0.717) is 0 Å². The number of amides is 1. The van der Waals surface area contributed by atoms with Crippen LogP contribution < -0.4 is 5.32 Å². The first-order chi connectivity index (χ1) is 7.13. The maximum Gasteiger partial charge on any atom is 0.246 e. The molecule has 2 rings (SSSR count). The topological polar surface area (TPSA) is 38.3 Å². The molecule has 2 aliphatic heterocycles. The summed E-state index contributed by atoms with van der Waals surface area (Å²) in [5.74, 6) is 0.107. The lowest BCUT2D eigenvalue weighted by Gasteiger charge is -2.36. The summed E-state index contributed by atoms with van der Waals surface area (Å²) in [7, 11) is 0. The van der Waals surface area contributed by atoms with Crippen LogP contribution in [-0.4, -0.2) is 25.7 Å². The van der Waals surface area contributed by atoms with Crippen LogP contribution >= 0.6 is 0 Å². The SMILES string of the molecule is CC1=C(C)C(=O)NCC2(CCOCC2)C1. The number of rotatable bonds is 0. The Morgan fingerprint density at radius 1 is 1.27 bits per heavy atom. The van der Waals surface area contributed by atoms with Gasteiger partial charge in [-0.1, -0.05) is 5.57 Å². The zero-order valence-electron chi connectivity index (χ0n) is 9.56. The zero-order chi connectivity index (χ0) is 10.9. The third-order valence-corrected chi connectivity index (χ3v) is 3.80. The summed E-state index contributed by atoms with van der Waals surface area (Å²) < 4.78 is 5.40. The van der Waals surface area contributed by atoms with E-state index in [0.717, 1.165) is 44.6 Å². The molecule has 3 nitrogen and oxygen atoms in total. The van der Waals surface area contributed by atoms with Crippen LogP contribution in [0.15, 0.2) is 11.1 Å². The van der Waals surface area contributed by atoms with Crippen LogP contribution in [0.25, 0.3) is 0 Å². The molecule has 1 spiro atoms. The smallest absolute Gasteiger partial charge is 0.246 e. The van der Waals surface area contributed by atoms with Crippen molar-refractivity contribution >= 4 is 5.91 Å². The Balaban J connectivity index is 2.20. The molecule has 0 aliphatic carbocycles. The minimum Gasteiger partial charge on any atom is -0.381 e. The van der Waals surface area contributed by atoms with Gasteiger partial charge < -0.3 is 10.1 Å². The van der Waals surface area contributed by atoms with Gasteiger partial charge in [0.05, 0.1) is 0 Å². The number of hydrogen-bond donors (Lipinski definition) is 1. The summed E-state index contributed by atoms with van der Waals surface area (Å²) in [6.45, 7) is 6.48. The number of ether oxygens (including phenoxy) is 1. The van der Waals surface area contributed by atoms with Crippen molar-refractivity contribution in [3.63, 3.8) is 0 Å². The molecule has 84 valence electrons. The molecule has 0 atom stereocenters. The minimum atomic E-state index is 0.107. The Kier molecular flexibility index (Phi) is 2.83. The van der Waals surface area contributed by atoms with Crippen molar-refractivity contribution < 1.29 is 9.53 Å². The van der Waals surface area contributed by atoms with Crippen LogP contribution in [0.1, 0.15) is 33.1 Å². The van der Waals surface area contributed by atoms with Crippen molar-refractivity contribution in [3.8, 4) is 0 Å². The molecule has 1 saturated heterocycles. The highest BCUT2D eigenvalue weighted by Crippen LogP contribution is 2.38. The van der Waals surface area contributed by atoms with Gasteiger partial charge in [-0.3, -0.25) is 4.79 Å². The van der Waals surface area contributed by atoms with Gasteiger partial charge in [0.2, 0.25) is 5.91 Å². The standard InChI is InChI=1S/C12H19NO2/c1-9-7-12(3-5-15-6-4-12)8-13-11(14)10(9)2/h3-8H2,1-2H3,(H,13,14). The first kappa shape index (κ1) is 10.7. The zero-order valence-corrected chi connectivity index (χ0v) is 9.56. The lowest BCUT2D eigenvalue weighted by molar-refractivity contribution is -0.118. The van der Waals surface area contributed by atoms with E-state index in [2.05, 4.69) is 12.2 Å². The van der Waals surface area contributed by atoms with E-state index >= 15 is 0 Å². The average Bonchev–Trinajstić information content (AvgIpc) is 2.34. The number of carbonyl (C=O) groups is 1. The van der Waals surface area contributed by atoms with E-state index in [9.17, 15) is 4.79 Å². The Morgan fingerprint density at radius 2 is 1.93 bits per heavy atom. The van der Waals surface area contributed by atoms with E-state index in [1.807, 2.05) is 6.92 Å². The van der Waals surface area contributed by atoms with E-state index < -0.39 is 0 Å². The molecule has 15 heavy (non-hydrogen) atoms. The molecule has 0 saturated carbocycles. The van der Waals surface area contributed by atoms with Gasteiger partial charge in [-0.15, -0.1) is 0 Å². The van der Waals surface area contributed by atoms with E-state index in [4.69, 9.17) is 4.74 Å². The molecule has 0 aromatic rings. The van der Waals surface area contributed by atoms with Crippen LogP contribution in [0.5, 0.6) is 0 Å². The normalized spacial score (nSPS) is 26.4. The molecular weight excluding hydrogens is 190 g/mol. The largest absolute Gasteiger partial charge is 0.381 e. The molecule has 0 aromatic heterocycles. The quantitative estimate of drug-likeness (QED) is 0.658. The molecule has 3 heteroatoms. The summed E-state index contributed by atoms with van der Waals surface area (Å²) in [6.07, 6.45) is 3.18. The Hall–Kier alpha value is -0.830. The first-order valence-electron chi connectivity index (χ1n) is 5.65. The summed E-state index contributed by atoms with van der Waals surface area (Å²) in [5, 5.41) is 3.03. The Labute approximate surface area is 90.9 Å². The summed E-state index contributed by atoms with van der Waals surface area (Å²) in [6, 6.07) is 0. The van der Waals surface area contributed by atoms with Crippen LogP contribution in [0.2, 0.25) is 0 Å². The Morgan fingerprint density at radius 3 is 2.60 bits per heavy atom. The second kappa shape index (κ2) is 3.97. The van der Waals surface area contributed by atoms with Crippen LogP contribution in [0, 0.1) is 5.41 Å². The fourth-order valence-corrected chi connectivity index (χ4v) is 2.51. The van der Waals surface area contributed by atoms with Crippen molar-refractivity contribution in [1.82, 2.24) is 5.32 Å². The van der Waals surface area contributed by atoms with E-state index in [-0.39, 0.29) is 11.3 Å².